The van der Waals surface area contributed by atoms with Crippen LogP contribution in [-0.4, -0.2) is 28.8 Å². The van der Waals surface area contributed by atoms with Crippen molar-refractivity contribution in [2.24, 2.45) is 5.92 Å². The summed E-state index contributed by atoms with van der Waals surface area (Å²) < 4.78 is 5.16. The van der Waals surface area contributed by atoms with Gasteiger partial charge in [-0.05, 0) is 69.2 Å². The van der Waals surface area contributed by atoms with E-state index in [0.717, 1.165) is 17.5 Å². The van der Waals surface area contributed by atoms with E-state index in [-0.39, 0.29) is 5.92 Å². The maximum absolute atomic E-state index is 11.9. The van der Waals surface area contributed by atoms with Crippen LogP contribution in [0, 0.1) is 5.92 Å². The Kier molecular flexibility index (Phi) is 5.19. The molecule has 0 radical (unpaired) electrons. The highest BCUT2D eigenvalue weighted by atomic mass is 35.5. The van der Waals surface area contributed by atoms with Gasteiger partial charge in [-0.15, -0.1) is 0 Å². The van der Waals surface area contributed by atoms with Gasteiger partial charge in [-0.2, -0.15) is 0 Å². The molecule has 1 aromatic carbocycles. The molecular weight excluding hydrogens is 318 g/mol. The van der Waals surface area contributed by atoms with Crippen molar-refractivity contribution in [2.45, 2.75) is 51.7 Å². The maximum atomic E-state index is 11.9. The highest BCUT2D eigenvalue weighted by Crippen LogP contribution is 2.30. The predicted molar refractivity (Wildman–Crippen MR) is 87.8 cm³/mol. The van der Waals surface area contributed by atoms with Crippen LogP contribution in [0.4, 0.5) is 4.79 Å². The summed E-state index contributed by atoms with van der Waals surface area (Å²) in [4.78, 5) is 23.5. The minimum Gasteiger partial charge on any atom is -0.480 e. The van der Waals surface area contributed by atoms with Crippen molar-refractivity contribution in [3.8, 4) is 0 Å². The molecule has 2 atom stereocenters. The van der Waals surface area contributed by atoms with Crippen LogP contribution in [0.5, 0.6) is 0 Å². The summed E-state index contributed by atoms with van der Waals surface area (Å²) in [5.41, 5.74) is 1.57. The number of rotatable bonds is 3. The van der Waals surface area contributed by atoms with Gasteiger partial charge in [0.15, 0.2) is 0 Å². The SMILES string of the molecule is CC(C)(C)OC(=O)NC(C(=O)O)C1CCc2cc(Cl)ccc2C1. The van der Waals surface area contributed by atoms with Crippen LogP contribution in [0.15, 0.2) is 18.2 Å². The molecule has 2 N–H and O–H groups in total. The third-order valence-electron chi connectivity index (χ3n) is 3.84. The van der Waals surface area contributed by atoms with E-state index < -0.39 is 23.7 Å². The van der Waals surface area contributed by atoms with Crippen molar-refractivity contribution >= 4 is 23.7 Å². The first kappa shape index (κ1) is 17.6. The van der Waals surface area contributed by atoms with Gasteiger partial charge in [0, 0.05) is 5.02 Å². The molecule has 0 bridgehead atoms. The third-order valence-corrected chi connectivity index (χ3v) is 4.08. The lowest BCUT2D eigenvalue weighted by Gasteiger charge is -2.30. The van der Waals surface area contributed by atoms with Gasteiger partial charge in [0.25, 0.3) is 0 Å². The molecule has 0 spiro atoms. The third kappa shape index (κ3) is 4.86. The van der Waals surface area contributed by atoms with Crippen LogP contribution >= 0.6 is 11.6 Å². The van der Waals surface area contributed by atoms with Crippen LogP contribution in [0.25, 0.3) is 0 Å². The summed E-state index contributed by atoms with van der Waals surface area (Å²) >= 11 is 5.99. The van der Waals surface area contributed by atoms with Crippen molar-refractivity contribution in [1.82, 2.24) is 5.32 Å². The second-order valence-corrected chi connectivity index (χ2v) is 7.31. The first-order valence-electron chi connectivity index (χ1n) is 7.65. The Balaban J connectivity index is 2.09. The Morgan fingerprint density at radius 2 is 2.04 bits per heavy atom. The number of benzene rings is 1. The second kappa shape index (κ2) is 6.79. The summed E-state index contributed by atoms with van der Waals surface area (Å²) in [6, 6.07) is 4.69. The zero-order chi connectivity index (χ0) is 17.2. The van der Waals surface area contributed by atoms with E-state index >= 15 is 0 Å². The number of carboxylic acid groups (broad SMARTS) is 1. The van der Waals surface area contributed by atoms with Gasteiger partial charge in [-0.1, -0.05) is 17.7 Å². The number of carbonyl (C=O) groups excluding carboxylic acids is 1. The fraction of sp³-hybridized carbons (Fsp3) is 0.529. The second-order valence-electron chi connectivity index (χ2n) is 6.88. The topological polar surface area (TPSA) is 75.6 Å². The van der Waals surface area contributed by atoms with Crippen molar-refractivity contribution < 1.29 is 19.4 Å². The Labute approximate surface area is 141 Å². The Morgan fingerprint density at radius 3 is 2.65 bits per heavy atom. The quantitative estimate of drug-likeness (QED) is 0.884. The number of fused-ring (bicyclic) bond motifs is 1. The van der Waals surface area contributed by atoms with E-state index in [2.05, 4.69) is 5.32 Å². The van der Waals surface area contributed by atoms with Gasteiger partial charge in [0.2, 0.25) is 0 Å². The number of alkyl carbamates (subject to hydrolysis) is 1. The lowest BCUT2D eigenvalue weighted by Crippen LogP contribution is -2.49. The smallest absolute Gasteiger partial charge is 0.408 e. The number of aryl methyl sites for hydroxylation is 1. The average Bonchev–Trinajstić information content (AvgIpc) is 2.42. The summed E-state index contributed by atoms with van der Waals surface area (Å²) in [6.45, 7) is 5.22. The van der Waals surface area contributed by atoms with Crippen molar-refractivity contribution in [1.29, 1.82) is 0 Å². The largest absolute Gasteiger partial charge is 0.480 e. The molecule has 5 nitrogen and oxygen atoms in total. The molecule has 0 heterocycles. The molecule has 0 saturated heterocycles. The molecule has 126 valence electrons. The summed E-state index contributed by atoms with van der Waals surface area (Å²) in [5.74, 6) is -1.22. The Hall–Kier alpha value is -1.75. The van der Waals surface area contributed by atoms with Crippen molar-refractivity contribution in [3.63, 3.8) is 0 Å². The van der Waals surface area contributed by atoms with E-state index in [1.165, 1.54) is 0 Å². The lowest BCUT2D eigenvalue weighted by molar-refractivity contribution is -0.141. The fourth-order valence-corrected chi connectivity index (χ4v) is 3.05. The monoisotopic (exact) mass is 339 g/mol. The van der Waals surface area contributed by atoms with Gasteiger partial charge in [-0.3, -0.25) is 0 Å². The van der Waals surface area contributed by atoms with Gasteiger partial charge >= 0.3 is 12.1 Å². The van der Waals surface area contributed by atoms with Crippen LogP contribution < -0.4 is 5.32 Å². The molecule has 23 heavy (non-hydrogen) atoms. The van der Waals surface area contributed by atoms with E-state index in [1.807, 2.05) is 12.1 Å². The van der Waals surface area contributed by atoms with Gasteiger partial charge in [0.1, 0.15) is 11.6 Å². The fourth-order valence-electron chi connectivity index (χ4n) is 2.85. The zero-order valence-electron chi connectivity index (χ0n) is 13.6. The predicted octanol–water partition coefficient (Wildman–Crippen LogP) is 3.42. The number of nitrogens with one attached hydrogen (secondary N) is 1. The molecule has 0 fully saturated rings. The summed E-state index contributed by atoms with van der Waals surface area (Å²) in [5, 5.41) is 12.7. The number of halogens is 1. The molecule has 6 heteroatoms. The number of hydrogen-bond donors (Lipinski definition) is 2. The van der Waals surface area contributed by atoms with E-state index in [1.54, 1.807) is 26.8 Å². The van der Waals surface area contributed by atoms with E-state index in [9.17, 15) is 14.7 Å². The average molecular weight is 340 g/mol. The standard InChI is InChI=1S/C17H22ClNO4/c1-17(2,3)23-16(22)19-14(15(20)21)12-5-4-11-9-13(18)7-6-10(11)8-12/h6-7,9,12,14H,4-5,8H2,1-3H3,(H,19,22)(H,20,21). The molecule has 1 amide bonds. The summed E-state index contributed by atoms with van der Waals surface area (Å²) in [7, 11) is 0. The van der Waals surface area contributed by atoms with Crippen LogP contribution in [-0.2, 0) is 22.4 Å². The van der Waals surface area contributed by atoms with Crippen molar-refractivity contribution in [3.05, 3.63) is 34.3 Å². The van der Waals surface area contributed by atoms with Crippen LogP contribution in [0.2, 0.25) is 5.02 Å². The molecule has 2 unspecified atom stereocenters. The van der Waals surface area contributed by atoms with Gasteiger partial charge in [0.05, 0.1) is 0 Å². The minimum absolute atomic E-state index is 0.173. The molecule has 0 aromatic heterocycles. The maximum Gasteiger partial charge on any atom is 0.408 e. The number of carbonyl (C=O) groups is 2. The molecule has 1 aliphatic rings. The number of hydrogen-bond acceptors (Lipinski definition) is 3. The number of amides is 1. The molecule has 0 aliphatic heterocycles. The first-order valence-corrected chi connectivity index (χ1v) is 8.03. The van der Waals surface area contributed by atoms with Gasteiger partial charge < -0.3 is 15.2 Å². The normalized spacial score (nSPS) is 18.7. The number of ether oxygens (including phenoxy) is 1. The van der Waals surface area contributed by atoms with Gasteiger partial charge in [-0.25, -0.2) is 9.59 Å². The van der Waals surface area contributed by atoms with Crippen molar-refractivity contribution in [2.75, 3.05) is 0 Å². The molecular formula is C17H22ClNO4. The molecule has 2 rings (SSSR count). The van der Waals surface area contributed by atoms with Crippen LogP contribution in [0.3, 0.4) is 0 Å². The van der Waals surface area contributed by atoms with E-state index in [4.69, 9.17) is 16.3 Å². The Morgan fingerprint density at radius 1 is 1.35 bits per heavy atom. The minimum atomic E-state index is -1.04. The molecule has 1 aliphatic carbocycles. The lowest BCUT2D eigenvalue weighted by atomic mass is 9.80. The first-order chi connectivity index (χ1) is 10.7. The van der Waals surface area contributed by atoms with E-state index in [0.29, 0.717) is 17.9 Å². The molecule has 0 saturated carbocycles. The van der Waals surface area contributed by atoms with Crippen LogP contribution in [0.1, 0.15) is 38.3 Å². The summed E-state index contributed by atoms with van der Waals surface area (Å²) in [6.07, 6.45) is 1.33. The highest BCUT2D eigenvalue weighted by molar-refractivity contribution is 6.30. The zero-order valence-corrected chi connectivity index (χ0v) is 14.3. The Bertz CT molecular complexity index is 609. The highest BCUT2D eigenvalue weighted by Gasteiger charge is 2.33. The number of aliphatic carboxylic acids is 1. The number of carboxylic acids is 1. The molecule has 1 aromatic rings.